The summed E-state index contributed by atoms with van der Waals surface area (Å²) in [5.41, 5.74) is 3.39. The van der Waals surface area contributed by atoms with Gasteiger partial charge in [-0.3, -0.25) is 4.90 Å². The van der Waals surface area contributed by atoms with Gasteiger partial charge in [-0.1, -0.05) is 130 Å². The predicted octanol–water partition coefficient (Wildman–Crippen LogP) is 7.31. The van der Waals surface area contributed by atoms with E-state index in [0.29, 0.717) is 0 Å². The van der Waals surface area contributed by atoms with E-state index >= 15 is 0 Å². The van der Waals surface area contributed by atoms with Crippen molar-refractivity contribution in [2.45, 2.75) is 75.5 Å². The first-order valence-corrected chi connectivity index (χ1v) is 16.1. The minimum atomic E-state index is -1.45. The number of likely N-dealkylation sites (tertiary alicyclic amines) is 1. The number of benzene rings is 3. The summed E-state index contributed by atoms with van der Waals surface area (Å²) in [6.07, 6.45) is 1.89. The second-order valence-electron chi connectivity index (χ2n) is 10.0. The Balaban J connectivity index is 1.88. The molecule has 0 saturated carbocycles. The highest BCUT2D eigenvalue weighted by Crippen LogP contribution is 2.47. The maximum absolute atomic E-state index is 11.8. The van der Waals surface area contributed by atoms with Crippen LogP contribution in [0, 0.1) is 0 Å². The summed E-state index contributed by atoms with van der Waals surface area (Å²) in [4.78, 5) is 2.65. The molecule has 1 aliphatic rings. The van der Waals surface area contributed by atoms with Crippen molar-refractivity contribution in [1.29, 1.82) is 0 Å². The molecular weight excluding hydrogens is 430 g/mol. The molecular formula is C31H41NOSi. The molecule has 1 heterocycles. The normalized spacial score (nSPS) is 18.2. The van der Waals surface area contributed by atoms with E-state index < -0.39 is 13.6 Å². The van der Waals surface area contributed by atoms with Crippen LogP contribution < -0.4 is 0 Å². The topological polar surface area (TPSA) is 23.5 Å². The molecule has 3 aromatic rings. The van der Waals surface area contributed by atoms with Gasteiger partial charge < -0.3 is 5.11 Å². The van der Waals surface area contributed by atoms with E-state index in [-0.39, 0.29) is 12.1 Å². The van der Waals surface area contributed by atoms with Crippen LogP contribution in [0.3, 0.4) is 0 Å². The molecule has 0 unspecified atom stereocenters. The van der Waals surface area contributed by atoms with E-state index in [1.807, 2.05) is 0 Å². The molecule has 3 aromatic carbocycles. The average Bonchev–Trinajstić information content (AvgIpc) is 3.40. The molecule has 4 rings (SSSR count). The summed E-state index contributed by atoms with van der Waals surface area (Å²) >= 11 is 0. The van der Waals surface area contributed by atoms with Crippen molar-refractivity contribution >= 4 is 8.07 Å². The van der Waals surface area contributed by atoms with Gasteiger partial charge in [0.15, 0.2) is 0 Å². The highest BCUT2D eigenvalue weighted by molar-refractivity contribution is 6.79. The summed E-state index contributed by atoms with van der Waals surface area (Å²) in [5.74, 6) is 0. The molecule has 2 nitrogen and oxygen atoms in total. The van der Waals surface area contributed by atoms with Crippen LogP contribution in [-0.2, 0) is 5.54 Å². The maximum atomic E-state index is 11.8. The lowest BCUT2D eigenvalue weighted by Crippen LogP contribution is -2.55. The van der Waals surface area contributed by atoms with E-state index in [4.69, 9.17) is 0 Å². The van der Waals surface area contributed by atoms with Crippen LogP contribution in [0.1, 0.15) is 50.3 Å². The first-order valence-electron chi connectivity index (χ1n) is 13.2. The summed E-state index contributed by atoms with van der Waals surface area (Å²) in [5, 5.41) is 11.8. The van der Waals surface area contributed by atoms with Crippen LogP contribution in [0.15, 0.2) is 91.0 Å². The first-order chi connectivity index (χ1) is 16.6. The molecule has 0 amide bonds. The van der Waals surface area contributed by atoms with Gasteiger partial charge >= 0.3 is 0 Å². The van der Waals surface area contributed by atoms with Gasteiger partial charge in [-0.05, 0) is 35.6 Å². The Morgan fingerprint density at radius 3 is 1.56 bits per heavy atom. The van der Waals surface area contributed by atoms with Gasteiger partial charge in [0.1, 0.15) is 0 Å². The minimum absolute atomic E-state index is 0.150. The number of hydrogen-bond acceptors (Lipinski definition) is 2. The zero-order valence-corrected chi connectivity index (χ0v) is 22.2. The molecule has 180 valence electrons. The van der Waals surface area contributed by atoms with E-state index in [2.05, 4.69) is 117 Å². The van der Waals surface area contributed by atoms with E-state index in [0.717, 1.165) is 25.4 Å². The molecule has 34 heavy (non-hydrogen) atoms. The quantitative estimate of drug-likeness (QED) is 0.247. The second-order valence-corrected chi connectivity index (χ2v) is 15.6. The molecule has 1 aliphatic heterocycles. The third-order valence-corrected chi connectivity index (χ3v) is 14.4. The fraction of sp³-hybridized carbons (Fsp3) is 0.419. The average molecular weight is 472 g/mol. The largest absolute Gasteiger partial charge is 0.392 e. The van der Waals surface area contributed by atoms with Gasteiger partial charge in [0.25, 0.3) is 0 Å². The standard InChI is InChI=1S/C31H41NOSi/c1-4-34(5-2,6-3)25-30(33)29-23-16-24-32(29)31(26-17-10-7-11-18-26,27-19-12-8-13-20-27)28-21-14-9-15-22-28/h7-15,17-22,29-30,33H,4-6,16,23-25H2,1-3H3/t29-,30+/m1/s1. The van der Waals surface area contributed by atoms with Crippen molar-refractivity contribution in [2.24, 2.45) is 0 Å². The molecule has 0 spiro atoms. The van der Waals surface area contributed by atoms with Crippen molar-refractivity contribution in [3.63, 3.8) is 0 Å². The second kappa shape index (κ2) is 11.0. The third kappa shape index (κ3) is 4.54. The van der Waals surface area contributed by atoms with Crippen LogP contribution >= 0.6 is 0 Å². The van der Waals surface area contributed by atoms with Crippen LogP contribution in [0.2, 0.25) is 24.2 Å². The monoisotopic (exact) mass is 471 g/mol. The molecule has 0 bridgehead atoms. The number of nitrogens with zero attached hydrogens (tertiary/aromatic N) is 1. The Morgan fingerprint density at radius 2 is 1.18 bits per heavy atom. The SMILES string of the molecule is CC[Si](CC)(CC)C[C@H](O)[C@H]1CCCN1C(c1ccccc1)(c1ccccc1)c1ccccc1. The molecule has 3 heteroatoms. The summed E-state index contributed by atoms with van der Waals surface area (Å²) in [7, 11) is -1.45. The molecule has 0 radical (unpaired) electrons. The fourth-order valence-corrected chi connectivity index (χ4v) is 9.93. The Kier molecular flexibility index (Phi) is 8.08. The summed E-state index contributed by atoms with van der Waals surface area (Å²) in [6.45, 7) is 8.03. The molecule has 0 aliphatic carbocycles. The maximum Gasteiger partial charge on any atom is 0.0976 e. The lowest BCUT2D eigenvalue weighted by molar-refractivity contribution is 0.0426. The van der Waals surface area contributed by atoms with Crippen molar-refractivity contribution in [3.05, 3.63) is 108 Å². The van der Waals surface area contributed by atoms with Crippen molar-refractivity contribution in [3.8, 4) is 0 Å². The Bertz CT molecular complexity index is 898. The Labute approximate surface area is 207 Å². The molecule has 1 N–H and O–H groups in total. The summed E-state index contributed by atoms with van der Waals surface area (Å²) in [6, 6.07) is 37.8. The van der Waals surface area contributed by atoms with Crippen molar-refractivity contribution in [1.82, 2.24) is 4.90 Å². The highest BCUT2D eigenvalue weighted by Gasteiger charge is 2.49. The first kappa shape index (κ1) is 24.9. The van der Waals surface area contributed by atoms with Gasteiger partial charge in [-0.25, -0.2) is 0 Å². The van der Waals surface area contributed by atoms with E-state index in [1.165, 1.54) is 34.8 Å². The lowest BCUT2D eigenvalue weighted by atomic mass is 9.75. The Morgan fingerprint density at radius 1 is 0.765 bits per heavy atom. The molecule has 0 aromatic heterocycles. The number of hydrogen-bond donors (Lipinski definition) is 1. The predicted molar refractivity (Wildman–Crippen MR) is 147 cm³/mol. The smallest absolute Gasteiger partial charge is 0.0976 e. The van der Waals surface area contributed by atoms with E-state index in [9.17, 15) is 5.11 Å². The lowest BCUT2D eigenvalue weighted by Gasteiger charge is -2.48. The van der Waals surface area contributed by atoms with Crippen molar-refractivity contribution in [2.75, 3.05) is 6.54 Å². The number of aliphatic hydroxyl groups excluding tert-OH is 1. The fourth-order valence-electron chi connectivity index (χ4n) is 6.41. The minimum Gasteiger partial charge on any atom is -0.392 e. The highest BCUT2D eigenvalue weighted by atomic mass is 28.3. The van der Waals surface area contributed by atoms with Crippen LogP contribution in [0.5, 0.6) is 0 Å². The summed E-state index contributed by atoms with van der Waals surface area (Å²) < 4.78 is 0. The zero-order chi connectivity index (χ0) is 24.0. The Hall–Kier alpha value is -2.20. The van der Waals surface area contributed by atoms with Crippen LogP contribution in [-0.4, -0.2) is 36.8 Å². The third-order valence-electron chi connectivity index (χ3n) is 8.64. The van der Waals surface area contributed by atoms with Gasteiger partial charge in [-0.2, -0.15) is 0 Å². The molecule has 1 saturated heterocycles. The zero-order valence-electron chi connectivity index (χ0n) is 21.2. The molecule has 2 atom stereocenters. The van der Waals surface area contributed by atoms with E-state index in [1.54, 1.807) is 0 Å². The van der Waals surface area contributed by atoms with Crippen LogP contribution in [0.4, 0.5) is 0 Å². The number of rotatable bonds is 10. The van der Waals surface area contributed by atoms with Crippen molar-refractivity contribution < 1.29 is 5.11 Å². The molecule has 1 fully saturated rings. The van der Waals surface area contributed by atoms with Gasteiger partial charge in [0, 0.05) is 12.6 Å². The van der Waals surface area contributed by atoms with Gasteiger partial charge in [0.2, 0.25) is 0 Å². The van der Waals surface area contributed by atoms with Gasteiger partial charge in [-0.15, -0.1) is 0 Å². The number of aliphatic hydroxyl groups is 1. The van der Waals surface area contributed by atoms with Gasteiger partial charge in [0.05, 0.1) is 19.7 Å². The van der Waals surface area contributed by atoms with Crippen LogP contribution in [0.25, 0.3) is 0 Å².